The normalized spacial score (nSPS) is 11.6. The van der Waals surface area contributed by atoms with Crippen molar-refractivity contribution in [1.29, 1.82) is 0 Å². The highest BCUT2D eigenvalue weighted by Crippen LogP contribution is 2.19. The number of benzene rings is 1. The predicted octanol–water partition coefficient (Wildman–Crippen LogP) is 1.60. The van der Waals surface area contributed by atoms with Gasteiger partial charge >= 0.3 is 0 Å². The quantitative estimate of drug-likeness (QED) is 0.550. The van der Waals surface area contributed by atoms with Crippen molar-refractivity contribution in [3.8, 4) is 5.75 Å². The minimum Gasteiger partial charge on any atom is -0.496 e. The number of rotatable bonds is 13. The van der Waals surface area contributed by atoms with Crippen molar-refractivity contribution in [3.05, 3.63) is 29.8 Å². The highest BCUT2D eigenvalue weighted by Gasteiger charge is 2.09. The summed E-state index contributed by atoms with van der Waals surface area (Å²) in [5.41, 5.74) is 1.14. The number of methoxy groups -OCH3 is 2. The second kappa shape index (κ2) is 11.4. The van der Waals surface area contributed by atoms with Crippen molar-refractivity contribution < 1.29 is 22.6 Å². The van der Waals surface area contributed by atoms with Crippen LogP contribution in [-0.4, -0.2) is 54.8 Å². The third-order valence-corrected chi connectivity index (χ3v) is 4.66. The number of ether oxygens (including phenoxy) is 3. The van der Waals surface area contributed by atoms with Gasteiger partial charge in [-0.3, -0.25) is 0 Å². The first-order valence-electron chi connectivity index (χ1n) is 7.75. The number of unbranched alkanes of at least 4 members (excludes halogenated alkanes) is 1. The van der Waals surface area contributed by atoms with Gasteiger partial charge in [-0.05, 0) is 30.9 Å². The monoisotopic (exact) mass is 345 g/mol. The molecule has 0 amide bonds. The summed E-state index contributed by atoms with van der Waals surface area (Å²) in [5, 5.41) is 0. The minimum atomic E-state index is -3.27. The second-order valence-electron chi connectivity index (χ2n) is 5.09. The van der Waals surface area contributed by atoms with E-state index in [-0.39, 0.29) is 12.4 Å². The Bertz CT molecular complexity index is 533. The van der Waals surface area contributed by atoms with Crippen molar-refractivity contribution in [2.45, 2.75) is 19.3 Å². The van der Waals surface area contributed by atoms with Crippen LogP contribution in [0.3, 0.4) is 0 Å². The zero-order chi connectivity index (χ0) is 17.0. The predicted molar refractivity (Wildman–Crippen MR) is 90.4 cm³/mol. The number of nitrogens with one attached hydrogen (secondary N) is 1. The van der Waals surface area contributed by atoms with E-state index in [1.807, 2.05) is 24.3 Å². The molecular formula is C16H27NO5S. The van der Waals surface area contributed by atoms with Crippen LogP contribution in [-0.2, 0) is 25.9 Å². The summed E-state index contributed by atoms with van der Waals surface area (Å²) in [5.74, 6) is 0.852. The fourth-order valence-electron chi connectivity index (χ4n) is 2.06. The highest BCUT2D eigenvalue weighted by molar-refractivity contribution is 7.89. The van der Waals surface area contributed by atoms with Crippen molar-refractivity contribution in [3.63, 3.8) is 0 Å². The van der Waals surface area contributed by atoms with Crippen LogP contribution >= 0.6 is 0 Å². The molecule has 0 saturated heterocycles. The number of hydrogen-bond acceptors (Lipinski definition) is 5. The van der Waals surface area contributed by atoms with Gasteiger partial charge in [-0.25, -0.2) is 13.1 Å². The summed E-state index contributed by atoms with van der Waals surface area (Å²) < 4.78 is 41.4. The second-order valence-corrected chi connectivity index (χ2v) is 7.01. The molecule has 1 rings (SSSR count). The van der Waals surface area contributed by atoms with E-state index < -0.39 is 10.0 Å². The Morgan fingerprint density at radius 3 is 2.57 bits per heavy atom. The molecule has 0 atom stereocenters. The van der Waals surface area contributed by atoms with Crippen LogP contribution in [0.25, 0.3) is 0 Å². The van der Waals surface area contributed by atoms with E-state index in [2.05, 4.69) is 4.72 Å². The molecule has 1 N–H and O–H groups in total. The van der Waals surface area contributed by atoms with Gasteiger partial charge in [0.2, 0.25) is 10.0 Å². The first-order chi connectivity index (χ1) is 11.1. The van der Waals surface area contributed by atoms with Gasteiger partial charge in [0, 0.05) is 13.7 Å². The van der Waals surface area contributed by atoms with Crippen LogP contribution in [0.1, 0.15) is 18.4 Å². The molecule has 0 bridgehead atoms. The van der Waals surface area contributed by atoms with Crippen LogP contribution in [0, 0.1) is 0 Å². The standard InChI is InChI=1S/C16H27NO5S/c1-20-11-12-22-13-14-23(18,19)17-10-6-5-8-15-7-3-4-9-16(15)21-2/h3-4,7,9,17H,5-6,8,10-14H2,1-2H3. The van der Waals surface area contributed by atoms with Crippen molar-refractivity contribution in [2.24, 2.45) is 0 Å². The molecule has 0 aliphatic carbocycles. The van der Waals surface area contributed by atoms with E-state index in [0.29, 0.717) is 19.8 Å². The maximum atomic E-state index is 11.8. The summed E-state index contributed by atoms with van der Waals surface area (Å²) in [6, 6.07) is 7.87. The molecule has 0 heterocycles. The number of sulfonamides is 1. The molecule has 0 aliphatic rings. The Labute approximate surface area is 139 Å². The van der Waals surface area contributed by atoms with Crippen molar-refractivity contribution in [2.75, 3.05) is 46.3 Å². The third kappa shape index (κ3) is 8.90. The van der Waals surface area contributed by atoms with E-state index in [9.17, 15) is 8.42 Å². The molecule has 0 aliphatic heterocycles. The fourth-order valence-corrected chi connectivity index (χ4v) is 3.00. The largest absolute Gasteiger partial charge is 0.496 e. The Kier molecular flexibility index (Phi) is 9.86. The molecule has 1 aromatic carbocycles. The minimum absolute atomic E-state index is 0.0246. The van der Waals surface area contributed by atoms with Gasteiger partial charge in [-0.1, -0.05) is 18.2 Å². The topological polar surface area (TPSA) is 73.9 Å². The van der Waals surface area contributed by atoms with E-state index in [1.54, 1.807) is 14.2 Å². The molecule has 0 aromatic heterocycles. The Morgan fingerprint density at radius 2 is 1.83 bits per heavy atom. The van der Waals surface area contributed by atoms with E-state index >= 15 is 0 Å². The molecule has 1 aromatic rings. The van der Waals surface area contributed by atoms with Crippen LogP contribution in [0.5, 0.6) is 5.75 Å². The van der Waals surface area contributed by atoms with Gasteiger partial charge in [0.05, 0.1) is 32.7 Å². The zero-order valence-corrected chi connectivity index (χ0v) is 14.7. The Hall–Kier alpha value is -1.15. The average Bonchev–Trinajstić information content (AvgIpc) is 2.54. The Morgan fingerprint density at radius 1 is 1.04 bits per heavy atom. The van der Waals surface area contributed by atoms with Crippen molar-refractivity contribution >= 4 is 10.0 Å². The average molecular weight is 345 g/mol. The van der Waals surface area contributed by atoms with Crippen LogP contribution in [0.4, 0.5) is 0 Å². The molecule has 0 radical (unpaired) electrons. The van der Waals surface area contributed by atoms with E-state index in [1.165, 1.54) is 0 Å². The lowest BCUT2D eigenvalue weighted by Crippen LogP contribution is -2.29. The molecule has 0 saturated carbocycles. The summed E-state index contributed by atoms with van der Waals surface area (Å²) in [7, 11) is -0.0367. The first kappa shape index (κ1) is 19.9. The number of aryl methyl sites for hydroxylation is 1. The molecule has 0 fully saturated rings. The van der Waals surface area contributed by atoms with Gasteiger partial charge in [0.15, 0.2) is 0 Å². The van der Waals surface area contributed by atoms with Crippen molar-refractivity contribution in [1.82, 2.24) is 4.72 Å². The maximum Gasteiger partial charge on any atom is 0.213 e. The van der Waals surface area contributed by atoms with Crippen LogP contribution in [0.15, 0.2) is 24.3 Å². The van der Waals surface area contributed by atoms with Gasteiger partial charge in [-0.2, -0.15) is 0 Å². The molecule has 0 unspecified atom stereocenters. The highest BCUT2D eigenvalue weighted by atomic mass is 32.2. The van der Waals surface area contributed by atoms with Crippen LogP contribution in [0.2, 0.25) is 0 Å². The lowest BCUT2D eigenvalue weighted by molar-refractivity contribution is 0.0784. The summed E-state index contributed by atoms with van der Waals surface area (Å²) in [6.45, 7) is 1.50. The fraction of sp³-hybridized carbons (Fsp3) is 0.625. The summed E-state index contributed by atoms with van der Waals surface area (Å²) in [4.78, 5) is 0. The third-order valence-electron chi connectivity index (χ3n) is 3.32. The van der Waals surface area contributed by atoms with E-state index in [4.69, 9.17) is 14.2 Å². The lowest BCUT2D eigenvalue weighted by Gasteiger charge is -2.09. The summed E-state index contributed by atoms with van der Waals surface area (Å²) in [6.07, 6.45) is 2.54. The van der Waals surface area contributed by atoms with Gasteiger partial charge in [-0.15, -0.1) is 0 Å². The molecule has 6 nitrogen and oxygen atoms in total. The molecule has 7 heteroatoms. The maximum absolute atomic E-state index is 11.8. The first-order valence-corrected chi connectivity index (χ1v) is 9.40. The number of para-hydroxylation sites is 1. The summed E-state index contributed by atoms with van der Waals surface area (Å²) >= 11 is 0. The zero-order valence-electron chi connectivity index (χ0n) is 13.9. The molecule has 132 valence electrons. The molecule has 23 heavy (non-hydrogen) atoms. The SMILES string of the molecule is COCCOCCS(=O)(=O)NCCCCc1ccccc1OC. The lowest BCUT2D eigenvalue weighted by atomic mass is 10.1. The smallest absolute Gasteiger partial charge is 0.213 e. The molecular weight excluding hydrogens is 318 g/mol. The molecule has 0 spiro atoms. The van der Waals surface area contributed by atoms with Gasteiger partial charge in [0.1, 0.15) is 5.75 Å². The van der Waals surface area contributed by atoms with Gasteiger partial charge in [0.25, 0.3) is 0 Å². The van der Waals surface area contributed by atoms with Crippen LogP contribution < -0.4 is 9.46 Å². The number of hydrogen-bond donors (Lipinski definition) is 1. The van der Waals surface area contributed by atoms with E-state index in [0.717, 1.165) is 30.6 Å². The van der Waals surface area contributed by atoms with Gasteiger partial charge < -0.3 is 14.2 Å². The Balaban J connectivity index is 2.16.